The lowest BCUT2D eigenvalue weighted by molar-refractivity contribution is -0.136. The molecule has 2 heteroatoms. The van der Waals surface area contributed by atoms with Gasteiger partial charge in [-0.3, -0.25) is 4.79 Å². The van der Waals surface area contributed by atoms with Crippen LogP contribution >= 0.6 is 0 Å². The molecule has 2 unspecified atom stereocenters. The normalized spacial score (nSPS) is 23.4. The molecule has 1 saturated carbocycles. The van der Waals surface area contributed by atoms with Gasteiger partial charge in [-0.15, -0.1) is 0 Å². The minimum absolute atomic E-state index is 0.0429. The predicted molar refractivity (Wildman–Crippen MR) is 65.6 cm³/mol. The van der Waals surface area contributed by atoms with Crippen LogP contribution in [0.25, 0.3) is 0 Å². The van der Waals surface area contributed by atoms with Crippen LogP contribution in [0.4, 0.5) is 0 Å². The molecule has 1 fully saturated rings. The third kappa shape index (κ3) is 2.26. The highest BCUT2D eigenvalue weighted by Gasteiger charge is 2.49. The Labute approximate surface area is 97.6 Å². The molecule has 88 valence electrons. The van der Waals surface area contributed by atoms with E-state index < -0.39 is 0 Å². The van der Waals surface area contributed by atoms with Crippen molar-refractivity contribution in [1.29, 1.82) is 0 Å². The number of hydrogen-bond acceptors (Lipinski definition) is 2. The monoisotopic (exact) mass is 220 g/mol. The van der Waals surface area contributed by atoms with Crippen LogP contribution in [0.5, 0.6) is 5.75 Å². The standard InChI is InChI=1S/C10H8O2.2C2H6/c11-10-8-5-7(8)6-3-1-2-4-9(6)12-10;2*1-2/h1-4,7-8H,5H2;2*1-2H3. The molecule has 0 bridgehead atoms. The Bertz CT molecular complexity index is 358. The van der Waals surface area contributed by atoms with Crippen molar-refractivity contribution in [2.45, 2.75) is 40.0 Å². The number of fused-ring (bicyclic) bond motifs is 3. The van der Waals surface area contributed by atoms with Crippen molar-refractivity contribution in [2.75, 3.05) is 0 Å². The fourth-order valence-electron chi connectivity index (χ4n) is 1.86. The van der Waals surface area contributed by atoms with E-state index in [0.29, 0.717) is 5.92 Å². The summed E-state index contributed by atoms with van der Waals surface area (Å²) in [7, 11) is 0. The number of hydrogen-bond donors (Lipinski definition) is 0. The average Bonchev–Trinajstić information content (AvgIpc) is 3.15. The largest absolute Gasteiger partial charge is 0.426 e. The Morgan fingerprint density at radius 1 is 1.06 bits per heavy atom. The van der Waals surface area contributed by atoms with Crippen LogP contribution in [0.1, 0.15) is 45.6 Å². The fraction of sp³-hybridized carbons (Fsp3) is 0.500. The molecule has 1 aromatic carbocycles. The van der Waals surface area contributed by atoms with Crippen molar-refractivity contribution in [2.24, 2.45) is 5.92 Å². The number of carbonyl (C=O) groups excluding carboxylic acids is 1. The zero-order valence-electron chi connectivity index (χ0n) is 10.5. The first-order valence-corrected chi connectivity index (χ1v) is 6.17. The van der Waals surface area contributed by atoms with E-state index in [-0.39, 0.29) is 11.9 Å². The third-order valence-electron chi connectivity index (χ3n) is 2.62. The van der Waals surface area contributed by atoms with Gasteiger partial charge >= 0.3 is 5.97 Å². The molecule has 2 nitrogen and oxygen atoms in total. The van der Waals surface area contributed by atoms with E-state index in [9.17, 15) is 4.79 Å². The molecular formula is C14H20O2. The fourth-order valence-corrected chi connectivity index (χ4v) is 1.86. The minimum Gasteiger partial charge on any atom is -0.426 e. The quantitative estimate of drug-likeness (QED) is 0.491. The number of para-hydroxylation sites is 1. The van der Waals surface area contributed by atoms with E-state index in [2.05, 4.69) is 0 Å². The number of ether oxygens (including phenoxy) is 1. The zero-order chi connectivity index (χ0) is 12.1. The number of carbonyl (C=O) groups is 1. The lowest BCUT2D eigenvalue weighted by Gasteiger charge is -2.13. The van der Waals surface area contributed by atoms with E-state index in [1.54, 1.807) is 0 Å². The predicted octanol–water partition coefficient (Wildman–Crippen LogP) is 3.76. The van der Waals surface area contributed by atoms with Crippen LogP contribution in [0.15, 0.2) is 24.3 Å². The van der Waals surface area contributed by atoms with Crippen molar-refractivity contribution >= 4 is 5.97 Å². The minimum atomic E-state index is -0.0429. The molecule has 1 aromatic rings. The van der Waals surface area contributed by atoms with Crippen LogP contribution < -0.4 is 4.74 Å². The Kier molecular flexibility index (Phi) is 4.53. The summed E-state index contributed by atoms with van der Waals surface area (Å²) in [6.45, 7) is 8.00. The van der Waals surface area contributed by atoms with E-state index in [1.807, 2.05) is 52.0 Å². The highest BCUT2D eigenvalue weighted by molar-refractivity contribution is 5.82. The van der Waals surface area contributed by atoms with Crippen LogP contribution in [-0.2, 0) is 4.79 Å². The number of rotatable bonds is 0. The summed E-state index contributed by atoms with van der Waals surface area (Å²) >= 11 is 0. The summed E-state index contributed by atoms with van der Waals surface area (Å²) in [6, 6.07) is 7.80. The molecule has 2 aliphatic rings. The van der Waals surface area contributed by atoms with Crippen molar-refractivity contribution in [3.05, 3.63) is 29.8 Å². The molecule has 3 rings (SSSR count). The Morgan fingerprint density at radius 2 is 1.69 bits per heavy atom. The van der Waals surface area contributed by atoms with Crippen molar-refractivity contribution in [3.63, 3.8) is 0 Å². The highest BCUT2D eigenvalue weighted by Crippen LogP contribution is 2.54. The van der Waals surface area contributed by atoms with E-state index >= 15 is 0 Å². The maximum absolute atomic E-state index is 11.2. The Morgan fingerprint density at radius 3 is 2.38 bits per heavy atom. The summed E-state index contributed by atoms with van der Waals surface area (Å²) < 4.78 is 5.15. The molecule has 1 aliphatic heterocycles. The number of benzene rings is 1. The van der Waals surface area contributed by atoms with Gasteiger partial charge in [-0.1, -0.05) is 45.9 Å². The average molecular weight is 220 g/mol. The van der Waals surface area contributed by atoms with Gasteiger partial charge < -0.3 is 4.74 Å². The summed E-state index contributed by atoms with van der Waals surface area (Å²) in [5.74, 6) is 1.35. The van der Waals surface area contributed by atoms with Crippen LogP contribution in [0.2, 0.25) is 0 Å². The van der Waals surface area contributed by atoms with Gasteiger partial charge in [0.25, 0.3) is 0 Å². The maximum atomic E-state index is 11.2. The SMILES string of the molecule is CC.CC.O=C1Oc2ccccc2C2CC12. The molecule has 0 N–H and O–H groups in total. The van der Waals surface area contributed by atoms with E-state index in [1.165, 1.54) is 5.56 Å². The lowest BCUT2D eigenvalue weighted by Crippen LogP contribution is -2.16. The topological polar surface area (TPSA) is 26.3 Å². The molecule has 1 heterocycles. The van der Waals surface area contributed by atoms with Crippen LogP contribution in [0.3, 0.4) is 0 Å². The molecule has 2 atom stereocenters. The van der Waals surface area contributed by atoms with Gasteiger partial charge in [-0.05, 0) is 18.1 Å². The first-order chi connectivity index (χ1) is 7.86. The second kappa shape index (κ2) is 5.69. The van der Waals surface area contributed by atoms with E-state index in [0.717, 1.165) is 12.2 Å². The smallest absolute Gasteiger partial charge is 0.314 e. The molecule has 0 aromatic heterocycles. The molecule has 0 saturated heterocycles. The van der Waals surface area contributed by atoms with Gasteiger partial charge in [0.2, 0.25) is 0 Å². The highest BCUT2D eigenvalue weighted by atomic mass is 16.5. The molecule has 0 amide bonds. The molecule has 0 radical (unpaired) electrons. The van der Waals surface area contributed by atoms with Gasteiger partial charge in [0, 0.05) is 5.92 Å². The first kappa shape index (κ1) is 12.8. The van der Waals surface area contributed by atoms with Gasteiger partial charge in [-0.25, -0.2) is 0 Å². The van der Waals surface area contributed by atoms with Gasteiger partial charge in [-0.2, -0.15) is 0 Å². The summed E-state index contributed by atoms with van der Waals surface area (Å²) in [4.78, 5) is 11.2. The van der Waals surface area contributed by atoms with Gasteiger partial charge in [0.15, 0.2) is 0 Å². The second-order valence-corrected chi connectivity index (χ2v) is 3.41. The molecule has 1 aliphatic carbocycles. The van der Waals surface area contributed by atoms with Gasteiger partial charge in [0.1, 0.15) is 5.75 Å². The van der Waals surface area contributed by atoms with Crippen molar-refractivity contribution in [1.82, 2.24) is 0 Å². The van der Waals surface area contributed by atoms with E-state index in [4.69, 9.17) is 4.74 Å². The molecular weight excluding hydrogens is 200 g/mol. The Hall–Kier alpha value is -1.31. The van der Waals surface area contributed by atoms with Crippen LogP contribution in [0, 0.1) is 5.92 Å². The zero-order valence-corrected chi connectivity index (χ0v) is 10.5. The van der Waals surface area contributed by atoms with Crippen molar-refractivity contribution < 1.29 is 9.53 Å². The van der Waals surface area contributed by atoms with Crippen LogP contribution in [-0.4, -0.2) is 5.97 Å². The molecule has 16 heavy (non-hydrogen) atoms. The van der Waals surface area contributed by atoms with Gasteiger partial charge in [0.05, 0.1) is 5.92 Å². The molecule has 0 spiro atoms. The first-order valence-electron chi connectivity index (χ1n) is 6.17. The summed E-state index contributed by atoms with van der Waals surface area (Å²) in [5, 5.41) is 0. The second-order valence-electron chi connectivity index (χ2n) is 3.41. The number of esters is 1. The summed E-state index contributed by atoms with van der Waals surface area (Å²) in [6.07, 6.45) is 0.982. The Balaban J connectivity index is 0.000000291. The third-order valence-corrected chi connectivity index (χ3v) is 2.62. The van der Waals surface area contributed by atoms with Crippen molar-refractivity contribution in [3.8, 4) is 5.75 Å². The maximum Gasteiger partial charge on any atom is 0.314 e. The lowest BCUT2D eigenvalue weighted by atomic mass is 10.1. The summed E-state index contributed by atoms with van der Waals surface area (Å²) in [5.41, 5.74) is 1.21.